The van der Waals surface area contributed by atoms with Crippen LogP contribution in [-0.4, -0.2) is 34.5 Å². The molecule has 0 aliphatic carbocycles. The van der Waals surface area contributed by atoms with Crippen molar-refractivity contribution in [3.63, 3.8) is 0 Å². The third-order valence-electron chi connectivity index (χ3n) is 1.07. The normalized spacial score (nSPS) is 12.7. The second-order valence-corrected chi connectivity index (χ2v) is 2.03. The van der Waals surface area contributed by atoms with Crippen molar-refractivity contribution in [1.29, 1.82) is 0 Å². The van der Waals surface area contributed by atoms with Gasteiger partial charge in [-0.1, -0.05) is 0 Å². The van der Waals surface area contributed by atoms with E-state index >= 15 is 0 Å². The molecule has 0 aromatic rings. The third kappa shape index (κ3) is 3.32. The predicted molar refractivity (Wildman–Crippen MR) is 33.4 cm³/mol. The molecule has 0 bridgehead atoms. The van der Waals surface area contributed by atoms with Gasteiger partial charge in [0.2, 0.25) is 0 Å². The maximum absolute atomic E-state index is 10.4. The lowest BCUT2D eigenvalue weighted by Crippen LogP contribution is -2.22. The monoisotopic (exact) mass is 146 g/mol. The van der Waals surface area contributed by atoms with Gasteiger partial charge in [-0.2, -0.15) is 0 Å². The van der Waals surface area contributed by atoms with E-state index in [-0.39, 0.29) is 6.42 Å². The molecule has 0 heterocycles. The average Bonchev–Trinajstić information content (AvgIpc) is 1.87. The molecule has 58 valence electrons. The molecular formula is C6H10O4. The highest BCUT2D eigenvalue weighted by Gasteiger charge is 2.13. The van der Waals surface area contributed by atoms with E-state index in [1.807, 2.05) is 0 Å². The summed E-state index contributed by atoms with van der Waals surface area (Å²) in [6.45, 7) is 0.569. The van der Waals surface area contributed by atoms with Gasteiger partial charge in [-0.3, -0.25) is 9.59 Å². The van der Waals surface area contributed by atoms with Crippen LogP contribution in [0.1, 0.15) is 13.3 Å². The summed E-state index contributed by atoms with van der Waals surface area (Å²) < 4.78 is 0. The Hall–Kier alpha value is -0.740. The van der Waals surface area contributed by atoms with Crippen LogP contribution in [0.4, 0.5) is 0 Å². The second-order valence-electron chi connectivity index (χ2n) is 2.03. The molecule has 0 amide bonds. The molecule has 0 aliphatic heterocycles. The van der Waals surface area contributed by atoms with E-state index in [4.69, 9.17) is 10.2 Å². The molecular weight excluding hydrogens is 136 g/mol. The average molecular weight is 146 g/mol. The van der Waals surface area contributed by atoms with Crippen LogP contribution in [0.5, 0.6) is 0 Å². The van der Waals surface area contributed by atoms with E-state index in [1.165, 1.54) is 6.92 Å². The van der Waals surface area contributed by atoms with Crippen LogP contribution in [0.15, 0.2) is 0 Å². The summed E-state index contributed by atoms with van der Waals surface area (Å²) in [5.74, 6) is -0.982. The Kier molecular flexibility index (Phi) is 3.83. The van der Waals surface area contributed by atoms with Crippen molar-refractivity contribution in [3.05, 3.63) is 0 Å². The molecule has 0 radical (unpaired) electrons. The minimum Gasteiger partial charge on any atom is -0.389 e. The quantitative estimate of drug-likeness (QED) is 0.527. The molecule has 1 atom stereocenters. The van der Waals surface area contributed by atoms with Gasteiger partial charge >= 0.3 is 0 Å². The van der Waals surface area contributed by atoms with E-state index in [0.717, 1.165) is 0 Å². The maximum atomic E-state index is 10.4. The number of carbonyl (C=O) groups excluding carboxylic acids is 2. The van der Waals surface area contributed by atoms with Crippen molar-refractivity contribution in [1.82, 2.24) is 0 Å². The number of aliphatic hydroxyl groups is 2. The van der Waals surface area contributed by atoms with Crippen LogP contribution in [0.2, 0.25) is 0 Å². The van der Waals surface area contributed by atoms with Gasteiger partial charge in [0.15, 0.2) is 11.6 Å². The highest BCUT2D eigenvalue weighted by molar-refractivity contribution is 5.88. The first-order valence-electron chi connectivity index (χ1n) is 2.89. The summed E-state index contributed by atoms with van der Waals surface area (Å²) in [5.41, 5.74) is 0. The lowest BCUT2D eigenvalue weighted by Gasteiger charge is -2.02. The highest BCUT2D eigenvalue weighted by atomic mass is 16.3. The molecule has 0 aromatic carbocycles. The maximum Gasteiger partial charge on any atom is 0.161 e. The summed E-state index contributed by atoms with van der Waals surface area (Å²) in [6.07, 6.45) is -1.54. The largest absolute Gasteiger partial charge is 0.389 e. The van der Waals surface area contributed by atoms with Crippen LogP contribution >= 0.6 is 0 Å². The second kappa shape index (κ2) is 4.14. The number of carbonyl (C=O) groups is 2. The van der Waals surface area contributed by atoms with Crippen LogP contribution in [0.25, 0.3) is 0 Å². The van der Waals surface area contributed by atoms with Crippen LogP contribution < -0.4 is 0 Å². The number of rotatable bonds is 4. The minimum absolute atomic E-state index is 0.286. The molecule has 0 saturated carbocycles. The smallest absolute Gasteiger partial charge is 0.161 e. The van der Waals surface area contributed by atoms with E-state index in [0.29, 0.717) is 0 Å². The van der Waals surface area contributed by atoms with E-state index in [2.05, 4.69) is 0 Å². The van der Waals surface area contributed by atoms with Crippen LogP contribution in [0, 0.1) is 0 Å². The van der Waals surface area contributed by atoms with Crippen molar-refractivity contribution in [3.8, 4) is 0 Å². The standard InChI is InChI=1S/C6H10O4/c1-4(8)6(10)2-5(9)3-7/h6-7,10H,2-3H2,1H3/t6-/m1/s1. The molecule has 4 heteroatoms. The summed E-state index contributed by atoms with van der Waals surface area (Å²) in [7, 11) is 0. The number of hydrogen-bond donors (Lipinski definition) is 2. The molecule has 4 nitrogen and oxygen atoms in total. The van der Waals surface area contributed by atoms with Crippen molar-refractivity contribution in [2.75, 3.05) is 6.61 Å². The van der Waals surface area contributed by atoms with Gasteiger partial charge in [-0.25, -0.2) is 0 Å². The van der Waals surface area contributed by atoms with Crippen molar-refractivity contribution < 1.29 is 19.8 Å². The molecule has 0 aliphatic rings. The molecule has 2 N–H and O–H groups in total. The van der Waals surface area contributed by atoms with Gasteiger partial charge in [-0.05, 0) is 6.92 Å². The summed E-state index contributed by atoms with van der Waals surface area (Å²) in [5, 5.41) is 16.9. The zero-order valence-electron chi connectivity index (χ0n) is 5.70. The molecule has 0 fully saturated rings. The lowest BCUT2D eigenvalue weighted by molar-refractivity contribution is -0.131. The fourth-order valence-electron chi connectivity index (χ4n) is 0.424. The molecule has 0 unspecified atom stereocenters. The lowest BCUT2D eigenvalue weighted by atomic mass is 10.1. The Morgan fingerprint density at radius 1 is 1.50 bits per heavy atom. The van der Waals surface area contributed by atoms with Gasteiger partial charge in [0.25, 0.3) is 0 Å². The highest BCUT2D eigenvalue weighted by Crippen LogP contribution is 1.93. The Balaban J connectivity index is 3.68. The summed E-state index contributed by atoms with van der Waals surface area (Å²) >= 11 is 0. The Bertz CT molecular complexity index is 141. The van der Waals surface area contributed by atoms with Crippen molar-refractivity contribution >= 4 is 11.6 Å². The number of Topliss-reactive ketones (excluding diaryl/α,β-unsaturated/α-hetero) is 2. The topological polar surface area (TPSA) is 74.6 Å². The fraction of sp³-hybridized carbons (Fsp3) is 0.667. The van der Waals surface area contributed by atoms with Gasteiger partial charge < -0.3 is 10.2 Å². The third-order valence-corrected chi connectivity index (χ3v) is 1.07. The zero-order chi connectivity index (χ0) is 8.15. The molecule has 10 heavy (non-hydrogen) atoms. The zero-order valence-corrected chi connectivity index (χ0v) is 5.70. The molecule has 0 spiro atoms. The van der Waals surface area contributed by atoms with Crippen molar-refractivity contribution in [2.45, 2.75) is 19.4 Å². The number of hydrogen-bond acceptors (Lipinski definition) is 4. The number of aliphatic hydroxyl groups excluding tert-OH is 2. The molecule has 0 saturated heterocycles. The predicted octanol–water partition coefficient (Wildman–Crippen LogP) is -1.11. The van der Waals surface area contributed by atoms with Gasteiger partial charge in [0.05, 0.1) is 0 Å². The van der Waals surface area contributed by atoms with E-state index in [1.54, 1.807) is 0 Å². The fourth-order valence-corrected chi connectivity index (χ4v) is 0.424. The van der Waals surface area contributed by atoms with E-state index in [9.17, 15) is 9.59 Å². The van der Waals surface area contributed by atoms with Gasteiger partial charge in [0.1, 0.15) is 12.7 Å². The Labute approximate surface area is 58.5 Å². The van der Waals surface area contributed by atoms with E-state index < -0.39 is 24.3 Å². The Morgan fingerprint density at radius 3 is 2.30 bits per heavy atom. The minimum atomic E-state index is -1.25. The van der Waals surface area contributed by atoms with Gasteiger partial charge in [0, 0.05) is 6.42 Å². The molecule has 0 rings (SSSR count). The van der Waals surface area contributed by atoms with Crippen LogP contribution in [-0.2, 0) is 9.59 Å². The molecule has 0 aromatic heterocycles. The number of ketones is 2. The first-order chi connectivity index (χ1) is 4.57. The Morgan fingerprint density at radius 2 is 2.00 bits per heavy atom. The summed E-state index contributed by atoms with van der Waals surface area (Å²) in [6, 6.07) is 0. The van der Waals surface area contributed by atoms with Gasteiger partial charge in [-0.15, -0.1) is 0 Å². The first-order valence-corrected chi connectivity index (χ1v) is 2.89. The summed E-state index contributed by atoms with van der Waals surface area (Å²) in [4.78, 5) is 20.7. The van der Waals surface area contributed by atoms with Crippen LogP contribution in [0.3, 0.4) is 0 Å². The van der Waals surface area contributed by atoms with Crippen molar-refractivity contribution in [2.24, 2.45) is 0 Å². The first kappa shape index (κ1) is 9.26. The SMILES string of the molecule is CC(=O)[C@H](O)CC(=O)CO.